The molecule has 354 valence electrons. The standard InChI is InChI=1S/C53H95NO7/c1-6-8-10-12-14-16-18-20-22-24-25-26-27-28-30-32-34-36-38-40-42-44-52(56)61-49(47-59-46-45-50(53(57)58)54(3,4)5)48-60-51(55)43-41-39-37-35-33-31-29-23-21-19-17-15-13-11-9-7-2/h8,10,14,16,20,22,25-26,49-50H,6-7,9,11-13,15,17-19,21,23-24,27-48H2,1-5H3/p+1/b10-8-,16-14-,22-20-,26-25-. The molecule has 0 aromatic carbocycles. The van der Waals surface area contributed by atoms with Crippen molar-refractivity contribution in [1.82, 2.24) is 0 Å². The average molecular weight is 859 g/mol. The summed E-state index contributed by atoms with van der Waals surface area (Å²) in [6.45, 7) is 4.64. The quantitative estimate of drug-likeness (QED) is 0.0282. The van der Waals surface area contributed by atoms with Crippen molar-refractivity contribution in [2.24, 2.45) is 0 Å². The number of ether oxygens (including phenoxy) is 3. The first-order valence-corrected chi connectivity index (χ1v) is 25.2. The Morgan fingerprint density at radius 1 is 0.508 bits per heavy atom. The second-order valence-electron chi connectivity index (χ2n) is 18.1. The van der Waals surface area contributed by atoms with Crippen LogP contribution in [0, 0.1) is 0 Å². The highest BCUT2D eigenvalue weighted by atomic mass is 16.6. The molecule has 8 nitrogen and oxygen atoms in total. The number of allylic oxidation sites excluding steroid dienone is 8. The van der Waals surface area contributed by atoms with E-state index in [-0.39, 0.29) is 36.2 Å². The number of quaternary nitrogens is 1. The summed E-state index contributed by atoms with van der Waals surface area (Å²) in [5.41, 5.74) is 0. The van der Waals surface area contributed by atoms with Gasteiger partial charge in [0.05, 0.1) is 34.4 Å². The van der Waals surface area contributed by atoms with Gasteiger partial charge >= 0.3 is 17.9 Å². The number of carboxylic acids is 1. The number of nitrogens with zero attached hydrogens (tertiary/aromatic N) is 1. The molecule has 0 spiro atoms. The van der Waals surface area contributed by atoms with Gasteiger partial charge in [0.15, 0.2) is 12.1 Å². The number of esters is 2. The number of carbonyl (C=O) groups excluding carboxylic acids is 2. The molecule has 0 aliphatic rings. The lowest BCUT2D eigenvalue weighted by Crippen LogP contribution is -2.50. The van der Waals surface area contributed by atoms with Gasteiger partial charge < -0.3 is 23.8 Å². The summed E-state index contributed by atoms with van der Waals surface area (Å²) in [5.74, 6) is -1.47. The number of hydrogen-bond acceptors (Lipinski definition) is 6. The zero-order valence-corrected chi connectivity index (χ0v) is 40.4. The monoisotopic (exact) mass is 859 g/mol. The van der Waals surface area contributed by atoms with Crippen LogP contribution in [0.2, 0.25) is 0 Å². The lowest BCUT2D eigenvalue weighted by molar-refractivity contribution is -0.887. The van der Waals surface area contributed by atoms with E-state index < -0.39 is 18.1 Å². The third-order valence-electron chi connectivity index (χ3n) is 11.2. The second kappa shape index (κ2) is 43.9. The Morgan fingerprint density at radius 3 is 1.36 bits per heavy atom. The fourth-order valence-electron chi connectivity index (χ4n) is 7.38. The van der Waals surface area contributed by atoms with Gasteiger partial charge in [0.25, 0.3) is 0 Å². The highest BCUT2D eigenvalue weighted by Crippen LogP contribution is 2.16. The molecule has 0 aliphatic carbocycles. The number of carbonyl (C=O) groups is 3. The number of likely N-dealkylation sites (N-methyl/N-ethyl adjacent to an activating group) is 1. The zero-order valence-electron chi connectivity index (χ0n) is 40.4. The van der Waals surface area contributed by atoms with Gasteiger partial charge in [-0.1, -0.05) is 197 Å². The fourth-order valence-corrected chi connectivity index (χ4v) is 7.38. The molecule has 0 saturated carbocycles. The van der Waals surface area contributed by atoms with Gasteiger partial charge in [-0.2, -0.15) is 0 Å². The van der Waals surface area contributed by atoms with Crippen molar-refractivity contribution in [3.63, 3.8) is 0 Å². The summed E-state index contributed by atoms with van der Waals surface area (Å²) in [6.07, 6.45) is 52.9. The topological polar surface area (TPSA) is 99.1 Å². The summed E-state index contributed by atoms with van der Waals surface area (Å²) in [7, 11) is 5.53. The lowest BCUT2D eigenvalue weighted by Gasteiger charge is -2.31. The van der Waals surface area contributed by atoms with E-state index in [0.717, 1.165) is 70.6 Å². The molecule has 2 atom stereocenters. The van der Waals surface area contributed by atoms with E-state index >= 15 is 0 Å². The fraction of sp³-hybridized carbons (Fsp3) is 0.792. The van der Waals surface area contributed by atoms with E-state index in [1.807, 2.05) is 21.1 Å². The van der Waals surface area contributed by atoms with Crippen molar-refractivity contribution in [3.8, 4) is 0 Å². The van der Waals surface area contributed by atoms with Crippen LogP contribution in [0.1, 0.15) is 219 Å². The van der Waals surface area contributed by atoms with Crippen LogP contribution >= 0.6 is 0 Å². The first-order chi connectivity index (χ1) is 29.6. The molecule has 0 radical (unpaired) electrons. The largest absolute Gasteiger partial charge is 0.477 e. The van der Waals surface area contributed by atoms with Crippen molar-refractivity contribution in [3.05, 3.63) is 48.6 Å². The first-order valence-electron chi connectivity index (χ1n) is 25.2. The van der Waals surface area contributed by atoms with E-state index in [4.69, 9.17) is 14.2 Å². The Kier molecular flexibility index (Phi) is 42.0. The molecule has 1 N–H and O–H groups in total. The van der Waals surface area contributed by atoms with E-state index in [9.17, 15) is 19.5 Å². The van der Waals surface area contributed by atoms with E-state index in [2.05, 4.69) is 62.5 Å². The minimum absolute atomic E-state index is 0.0522. The number of aliphatic carboxylic acids is 1. The maximum Gasteiger partial charge on any atom is 0.362 e. The smallest absolute Gasteiger partial charge is 0.362 e. The minimum atomic E-state index is -0.875. The predicted octanol–water partition coefficient (Wildman–Crippen LogP) is 14.4. The van der Waals surface area contributed by atoms with Crippen molar-refractivity contribution in [1.29, 1.82) is 0 Å². The Bertz CT molecular complexity index is 1140. The van der Waals surface area contributed by atoms with Crippen LogP contribution in [0.3, 0.4) is 0 Å². The first kappa shape index (κ1) is 58.3. The summed E-state index contributed by atoms with van der Waals surface area (Å²) in [4.78, 5) is 37.1. The molecule has 2 unspecified atom stereocenters. The van der Waals surface area contributed by atoms with Gasteiger partial charge in [-0.3, -0.25) is 9.59 Å². The molecule has 0 fully saturated rings. The normalized spacial score (nSPS) is 13.3. The van der Waals surface area contributed by atoms with Crippen LogP contribution in [-0.2, 0) is 28.6 Å². The highest BCUT2D eigenvalue weighted by Gasteiger charge is 2.31. The highest BCUT2D eigenvalue weighted by molar-refractivity contribution is 5.72. The number of carboxylic acid groups (broad SMARTS) is 1. The average Bonchev–Trinajstić information content (AvgIpc) is 3.22. The van der Waals surface area contributed by atoms with E-state index in [0.29, 0.717) is 19.3 Å². The van der Waals surface area contributed by atoms with Gasteiger partial charge in [0.1, 0.15) is 6.61 Å². The van der Waals surface area contributed by atoms with Gasteiger partial charge in [-0.15, -0.1) is 0 Å². The van der Waals surface area contributed by atoms with Crippen LogP contribution in [0.5, 0.6) is 0 Å². The molecular formula is C53H96NO7+. The molecule has 0 rings (SSSR count). The predicted molar refractivity (Wildman–Crippen MR) is 257 cm³/mol. The van der Waals surface area contributed by atoms with Crippen molar-refractivity contribution in [2.75, 3.05) is 41.0 Å². The number of hydrogen-bond donors (Lipinski definition) is 1. The Hall–Kier alpha value is -2.71. The van der Waals surface area contributed by atoms with Crippen molar-refractivity contribution >= 4 is 17.9 Å². The summed E-state index contributed by atoms with van der Waals surface area (Å²) < 4.78 is 17.3. The molecule has 0 bridgehead atoms. The molecule has 0 aromatic rings. The van der Waals surface area contributed by atoms with Crippen LogP contribution in [0.15, 0.2) is 48.6 Å². The van der Waals surface area contributed by atoms with Crippen LogP contribution < -0.4 is 0 Å². The van der Waals surface area contributed by atoms with E-state index in [1.54, 1.807) is 0 Å². The molecule has 0 aromatic heterocycles. The molecule has 0 aliphatic heterocycles. The number of unbranched alkanes of at least 4 members (excludes halogenated alkanes) is 23. The lowest BCUT2D eigenvalue weighted by atomic mass is 10.0. The van der Waals surface area contributed by atoms with Gasteiger partial charge in [0.2, 0.25) is 0 Å². The number of rotatable bonds is 45. The van der Waals surface area contributed by atoms with Crippen LogP contribution in [0.25, 0.3) is 0 Å². The van der Waals surface area contributed by atoms with Crippen molar-refractivity contribution in [2.45, 2.75) is 231 Å². The molecule has 0 amide bonds. The molecule has 8 heteroatoms. The Morgan fingerprint density at radius 2 is 0.918 bits per heavy atom. The molecule has 0 heterocycles. The summed E-state index contributed by atoms with van der Waals surface area (Å²) >= 11 is 0. The Labute approximate surface area is 376 Å². The van der Waals surface area contributed by atoms with Crippen molar-refractivity contribution < 1.29 is 38.2 Å². The zero-order chi connectivity index (χ0) is 44.9. The van der Waals surface area contributed by atoms with Gasteiger partial charge in [0, 0.05) is 19.3 Å². The Balaban J connectivity index is 4.26. The second-order valence-corrected chi connectivity index (χ2v) is 18.1. The summed E-state index contributed by atoms with van der Waals surface area (Å²) in [6, 6.07) is -0.616. The van der Waals surface area contributed by atoms with Gasteiger partial charge in [-0.05, 0) is 51.4 Å². The molecule has 61 heavy (non-hydrogen) atoms. The third kappa shape index (κ3) is 42.4. The molecule has 0 saturated heterocycles. The third-order valence-corrected chi connectivity index (χ3v) is 11.2. The van der Waals surface area contributed by atoms with Gasteiger partial charge in [-0.25, -0.2) is 4.79 Å². The van der Waals surface area contributed by atoms with Crippen LogP contribution in [0.4, 0.5) is 0 Å². The van der Waals surface area contributed by atoms with Crippen LogP contribution in [-0.4, -0.2) is 80.6 Å². The maximum atomic E-state index is 12.8. The molecular weight excluding hydrogens is 763 g/mol. The maximum absolute atomic E-state index is 12.8. The SMILES string of the molecule is CC/C=C\C/C=C\C/C=C\C/C=C\CCCCCCCCCCC(=O)OC(COCCC(C(=O)O)[N+](C)(C)C)COC(=O)CCCCCCCCCCCCCCCCCC. The summed E-state index contributed by atoms with van der Waals surface area (Å²) in [5, 5.41) is 9.65. The minimum Gasteiger partial charge on any atom is -0.477 e. The van der Waals surface area contributed by atoms with E-state index in [1.165, 1.54) is 116 Å².